The first-order valence-electron chi connectivity index (χ1n) is 8.78. The monoisotopic (exact) mass is 373 g/mol. The number of piperazine rings is 1. The van der Waals surface area contributed by atoms with Crippen LogP contribution in [-0.4, -0.2) is 50.1 Å². The number of nitrogens with zero attached hydrogens (tertiary/aromatic N) is 2. The fraction of sp³-hybridized carbons (Fsp3) is 0.350. The predicted molar refractivity (Wildman–Crippen MR) is 106 cm³/mol. The summed E-state index contributed by atoms with van der Waals surface area (Å²) in [4.78, 5) is 17.0. The first kappa shape index (κ1) is 18.5. The number of nitrogens with one attached hydrogen (secondary N) is 1. The van der Waals surface area contributed by atoms with Gasteiger partial charge in [0.05, 0.1) is 0 Å². The topological polar surface area (TPSA) is 44.8 Å². The minimum atomic E-state index is -0.603. The first-order chi connectivity index (χ1) is 12.5. The summed E-state index contributed by atoms with van der Waals surface area (Å²) in [6.45, 7) is 5.90. The van der Waals surface area contributed by atoms with Crippen LogP contribution in [0.4, 0.5) is 11.4 Å². The van der Waals surface area contributed by atoms with Gasteiger partial charge in [0.1, 0.15) is 5.75 Å². The van der Waals surface area contributed by atoms with Gasteiger partial charge in [-0.1, -0.05) is 11.6 Å². The summed E-state index contributed by atoms with van der Waals surface area (Å²) < 4.78 is 5.65. The van der Waals surface area contributed by atoms with Crippen molar-refractivity contribution in [2.45, 2.75) is 13.0 Å². The summed E-state index contributed by atoms with van der Waals surface area (Å²) in [5.74, 6) is 0.426. The van der Waals surface area contributed by atoms with Gasteiger partial charge in [-0.25, -0.2) is 0 Å². The average molecular weight is 374 g/mol. The first-order valence-corrected chi connectivity index (χ1v) is 9.16. The Morgan fingerprint density at radius 1 is 1.04 bits per heavy atom. The van der Waals surface area contributed by atoms with E-state index in [1.54, 1.807) is 31.2 Å². The van der Waals surface area contributed by atoms with Gasteiger partial charge in [0.2, 0.25) is 0 Å². The van der Waals surface area contributed by atoms with Crippen molar-refractivity contribution >= 4 is 28.9 Å². The SMILES string of the molecule is C[C@@H](Oc1ccc(Cl)cc1)C(=O)Nc1ccc(N2CCN(C)CC2)cc1. The Hall–Kier alpha value is -2.24. The zero-order valence-corrected chi connectivity index (χ0v) is 15.9. The molecule has 5 nitrogen and oxygen atoms in total. The molecule has 2 aromatic rings. The van der Waals surface area contributed by atoms with Crippen molar-refractivity contribution in [3.63, 3.8) is 0 Å². The van der Waals surface area contributed by atoms with Gasteiger partial charge < -0.3 is 19.9 Å². The maximum absolute atomic E-state index is 12.3. The Morgan fingerprint density at radius 2 is 1.65 bits per heavy atom. The molecule has 1 fully saturated rings. The standard InChI is InChI=1S/C20H24ClN3O2/c1-15(26-19-9-3-16(21)4-10-19)20(25)22-17-5-7-18(8-6-17)24-13-11-23(2)12-14-24/h3-10,15H,11-14H2,1-2H3,(H,22,25)/t15-/m1/s1. The van der Waals surface area contributed by atoms with Crippen LogP contribution in [0.3, 0.4) is 0 Å². The second-order valence-corrected chi connectivity index (χ2v) is 6.98. The van der Waals surface area contributed by atoms with E-state index >= 15 is 0 Å². The molecule has 0 saturated carbocycles. The third kappa shape index (κ3) is 4.90. The lowest BCUT2D eigenvalue weighted by Gasteiger charge is -2.34. The summed E-state index contributed by atoms with van der Waals surface area (Å²) in [6.07, 6.45) is -0.603. The number of rotatable bonds is 5. The van der Waals surface area contributed by atoms with Crippen molar-refractivity contribution in [3.8, 4) is 5.75 Å². The van der Waals surface area contributed by atoms with Gasteiger partial charge >= 0.3 is 0 Å². The fourth-order valence-electron chi connectivity index (χ4n) is 2.83. The van der Waals surface area contributed by atoms with Gasteiger partial charge in [-0.05, 0) is 62.5 Å². The molecule has 3 rings (SSSR count). The number of hydrogen-bond donors (Lipinski definition) is 1. The molecule has 1 heterocycles. The zero-order valence-electron chi connectivity index (χ0n) is 15.1. The van der Waals surface area contributed by atoms with Gasteiger partial charge in [0.15, 0.2) is 6.10 Å². The van der Waals surface area contributed by atoms with Gasteiger partial charge in [-0.15, -0.1) is 0 Å². The molecule has 0 aliphatic carbocycles. The molecular formula is C20H24ClN3O2. The van der Waals surface area contributed by atoms with E-state index < -0.39 is 6.10 Å². The van der Waals surface area contributed by atoms with Crippen molar-refractivity contribution in [2.24, 2.45) is 0 Å². The minimum absolute atomic E-state index is 0.188. The molecule has 2 aromatic carbocycles. The third-order valence-electron chi connectivity index (χ3n) is 4.50. The second-order valence-electron chi connectivity index (χ2n) is 6.54. The van der Waals surface area contributed by atoms with Crippen LogP contribution in [0.1, 0.15) is 6.92 Å². The van der Waals surface area contributed by atoms with E-state index in [1.165, 1.54) is 5.69 Å². The summed E-state index contributed by atoms with van der Waals surface area (Å²) in [7, 11) is 2.14. The second kappa shape index (κ2) is 8.43. The molecule has 6 heteroatoms. The van der Waals surface area contributed by atoms with Gasteiger partial charge in [-0.3, -0.25) is 4.79 Å². The Morgan fingerprint density at radius 3 is 2.27 bits per heavy atom. The predicted octanol–water partition coefficient (Wildman–Crippen LogP) is 3.50. The highest BCUT2D eigenvalue weighted by molar-refractivity contribution is 6.30. The maximum atomic E-state index is 12.3. The molecule has 0 bridgehead atoms. The molecule has 1 aliphatic rings. The highest BCUT2D eigenvalue weighted by atomic mass is 35.5. The molecule has 1 N–H and O–H groups in total. The van der Waals surface area contributed by atoms with Crippen LogP contribution in [0, 0.1) is 0 Å². The van der Waals surface area contributed by atoms with Crippen molar-refractivity contribution in [2.75, 3.05) is 43.4 Å². The molecular weight excluding hydrogens is 350 g/mol. The lowest BCUT2D eigenvalue weighted by molar-refractivity contribution is -0.122. The van der Waals surface area contributed by atoms with Crippen LogP contribution in [0.5, 0.6) is 5.75 Å². The van der Waals surface area contributed by atoms with E-state index in [2.05, 4.69) is 22.2 Å². The summed E-state index contributed by atoms with van der Waals surface area (Å²) >= 11 is 5.85. The quantitative estimate of drug-likeness (QED) is 0.871. The minimum Gasteiger partial charge on any atom is -0.481 e. The molecule has 1 amide bonds. The molecule has 26 heavy (non-hydrogen) atoms. The van der Waals surface area contributed by atoms with Gasteiger partial charge in [0, 0.05) is 42.6 Å². The van der Waals surface area contributed by atoms with Gasteiger partial charge in [-0.2, -0.15) is 0 Å². The largest absolute Gasteiger partial charge is 0.481 e. The van der Waals surface area contributed by atoms with Crippen LogP contribution in [0.25, 0.3) is 0 Å². The smallest absolute Gasteiger partial charge is 0.265 e. The molecule has 1 atom stereocenters. The van der Waals surface area contributed by atoms with E-state index in [-0.39, 0.29) is 5.91 Å². The molecule has 0 radical (unpaired) electrons. The Balaban J connectivity index is 1.54. The number of ether oxygens (including phenoxy) is 1. The molecule has 0 spiro atoms. The number of hydrogen-bond acceptors (Lipinski definition) is 4. The van der Waals surface area contributed by atoms with Crippen molar-refractivity contribution in [1.29, 1.82) is 0 Å². The lowest BCUT2D eigenvalue weighted by Crippen LogP contribution is -2.44. The Kier molecular flexibility index (Phi) is 6.01. The van der Waals surface area contributed by atoms with Crippen molar-refractivity contribution < 1.29 is 9.53 Å². The number of amides is 1. The average Bonchev–Trinajstić information content (AvgIpc) is 2.65. The summed E-state index contributed by atoms with van der Waals surface area (Å²) in [5.41, 5.74) is 1.95. The van der Waals surface area contributed by atoms with E-state index in [4.69, 9.17) is 16.3 Å². The molecule has 1 saturated heterocycles. The lowest BCUT2D eigenvalue weighted by atomic mass is 10.2. The Labute approximate surface area is 159 Å². The molecule has 0 aromatic heterocycles. The highest BCUT2D eigenvalue weighted by Gasteiger charge is 2.16. The normalized spacial score (nSPS) is 16.2. The number of likely N-dealkylation sites (N-methyl/N-ethyl adjacent to an activating group) is 1. The van der Waals surface area contributed by atoms with E-state index in [0.717, 1.165) is 31.9 Å². The van der Waals surface area contributed by atoms with Crippen LogP contribution in [0.2, 0.25) is 5.02 Å². The number of benzene rings is 2. The maximum Gasteiger partial charge on any atom is 0.265 e. The fourth-order valence-corrected chi connectivity index (χ4v) is 2.96. The van der Waals surface area contributed by atoms with Crippen LogP contribution in [-0.2, 0) is 4.79 Å². The number of halogens is 1. The zero-order chi connectivity index (χ0) is 18.5. The van der Waals surface area contributed by atoms with E-state index in [1.807, 2.05) is 24.3 Å². The van der Waals surface area contributed by atoms with E-state index in [9.17, 15) is 4.79 Å². The molecule has 1 aliphatic heterocycles. The van der Waals surface area contributed by atoms with E-state index in [0.29, 0.717) is 10.8 Å². The summed E-state index contributed by atoms with van der Waals surface area (Å²) in [5, 5.41) is 3.53. The number of carbonyl (C=O) groups excluding carboxylic acids is 1. The molecule has 0 unspecified atom stereocenters. The van der Waals surface area contributed by atoms with Crippen molar-refractivity contribution in [1.82, 2.24) is 4.90 Å². The molecule has 138 valence electrons. The number of anilines is 2. The summed E-state index contributed by atoms with van der Waals surface area (Å²) in [6, 6.07) is 14.9. The highest BCUT2D eigenvalue weighted by Crippen LogP contribution is 2.20. The third-order valence-corrected chi connectivity index (χ3v) is 4.75. The van der Waals surface area contributed by atoms with Gasteiger partial charge in [0.25, 0.3) is 5.91 Å². The van der Waals surface area contributed by atoms with Crippen LogP contribution < -0.4 is 15.0 Å². The van der Waals surface area contributed by atoms with Crippen LogP contribution in [0.15, 0.2) is 48.5 Å². The number of carbonyl (C=O) groups is 1. The Bertz CT molecular complexity index is 726. The van der Waals surface area contributed by atoms with Crippen molar-refractivity contribution in [3.05, 3.63) is 53.6 Å². The van der Waals surface area contributed by atoms with Crippen LogP contribution >= 0.6 is 11.6 Å².